The lowest BCUT2D eigenvalue weighted by atomic mass is 10.5. The van der Waals surface area contributed by atoms with Crippen LogP contribution in [0.3, 0.4) is 0 Å². The SMILES string of the molecule is O=S(=O)(c1cnc(Cl)c(Cl)c1)N(CCO)CCO. The van der Waals surface area contributed by atoms with Crippen LogP contribution in [0.4, 0.5) is 0 Å². The number of nitrogens with zero attached hydrogens (tertiary/aromatic N) is 2. The molecule has 0 aliphatic rings. The molecule has 1 heterocycles. The van der Waals surface area contributed by atoms with Crippen molar-refractivity contribution in [2.24, 2.45) is 0 Å². The van der Waals surface area contributed by atoms with E-state index in [2.05, 4.69) is 4.98 Å². The van der Waals surface area contributed by atoms with E-state index in [1.54, 1.807) is 0 Å². The van der Waals surface area contributed by atoms with Gasteiger partial charge < -0.3 is 10.2 Å². The van der Waals surface area contributed by atoms with Gasteiger partial charge in [-0.2, -0.15) is 4.31 Å². The van der Waals surface area contributed by atoms with Gasteiger partial charge in [0.25, 0.3) is 0 Å². The van der Waals surface area contributed by atoms with Crippen molar-refractivity contribution in [3.63, 3.8) is 0 Å². The number of aromatic nitrogens is 1. The summed E-state index contributed by atoms with van der Waals surface area (Å²) in [6, 6.07) is 1.17. The van der Waals surface area contributed by atoms with Crippen molar-refractivity contribution in [3.8, 4) is 0 Å². The van der Waals surface area contributed by atoms with Crippen LogP contribution in [0.2, 0.25) is 10.2 Å². The average molecular weight is 315 g/mol. The lowest BCUT2D eigenvalue weighted by molar-refractivity contribution is 0.217. The van der Waals surface area contributed by atoms with Crippen molar-refractivity contribution < 1.29 is 18.6 Å². The van der Waals surface area contributed by atoms with E-state index in [0.717, 1.165) is 10.5 Å². The second kappa shape index (κ2) is 6.65. The molecule has 2 N–H and O–H groups in total. The van der Waals surface area contributed by atoms with Crippen LogP contribution in [0, 0.1) is 0 Å². The molecule has 6 nitrogen and oxygen atoms in total. The van der Waals surface area contributed by atoms with E-state index >= 15 is 0 Å². The highest BCUT2D eigenvalue weighted by atomic mass is 35.5. The molecule has 0 aliphatic carbocycles. The summed E-state index contributed by atoms with van der Waals surface area (Å²) in [7, 11) is -3.86. The van der Waals surface area contributed by atoms with Crippen LogP contribution >= 0.6 is 23.2 Å². The molecule has 0 spiro atoms. The van der Waals surface area contributed by atoms with Crippen molar-refractivity contribution in [1.82, 2.24) is 9.29 Å². The summed E-state index contributed by atoms with van der Waals surface area (Å²) in [4.78, 5) is 3.51. The zero-order valence-electron chi connectivity index (χ0n) is 9.25. The topological polar surface area (TPSA) is 90.7 Å². The fourth-order valence-corrected chi connectivity index (χ4v) is 3.00. The summed E-state index contributed by atoms with van der Waals surface area (Å²) in [5, 5.41) is 17.7. The smallest absolute Gasteiger partial charge is 0.244 e. The van der Waals surface area contributed by atoms with E-state index < -0.39 is 10.0 Å². The molecule has 18 heavy (non-hydrogen) atoms. The molecule has 0 radical (unpaired) electrons. The molecular formula is C9H12Cl2N2O4S. The first kappa shape index (κ1) is 15.6. The summed E-state index contributed by atoms with van der Waals surface area (Å²) >= 11 is 11.3. The second-order valence-electron chi connectivity index (χ2n) is 3.29. The highest BCUT2D eigenvalue weighted by molar-refractivity contribution is 7.89. The molecule has 0 saturated heterocycles. The van der Waals surface area contributed by atoms with Crippen LogP contribution in [0.15, 0.2) is 17.2 Å². The molecule has 102 valence electrons. The zero-order chi connectivity index (χ0) is 13.8. The third kappa shape index (κ3) is 3.53. The first-order valence-electron chi connectivity index (χ1n) is 4.96. The molecule has 0 aliphatic heterocycles. The van der Waals surface area contributed by atoms with Crippen LogP contribution in [-0.2, 0) is 10.0 Å². The Morgan fingerprint density at radius 3 is 2.22 bits per heavy atom. The van der Waals surface area contributed by atoms with Crippen molar-refractivity contribution in [2.45, 2.75) is 4.90 Å². The fourth-order valence-electron chi connectivity index (χ4n) is 1.27. The largest absolute Gasteiger partial charge is 0.395 e. The van der Waals surface area contributed by atoms with Gasteiger partial charge in [-0.1, -0.05) is 23.2 Å². The zero-order valence-corrected chi connectivity index (χ0v) is 11.6. The van der Waals surface area contributed by atoms with Crippen molar-refractivity contribution in [3.05, 3.63) is 22.4 Å². The van der Waals surface area contributed by atoms with E-state index in [1.807, 2.05) is 0 Å². The lowest BCUT2D eigenvalue weighted by Crippen LogP contribution is -2.35. The first-order valence-corrected chi connectivity index (χ1v) is 7.16. The monoisotopic (exact) mass is 314 g/mol. The minimum absolute atomic E-state index is 0.00600. The molecule has 1 rings (SSSR count). The van der Waals surface area contributed by atoms with Crippen molar-refractivity contribution in [2.75, 3.05) is 26.3 Å². The van der Waals surface area contributed by atoms with Gasteiger partial charge in [0.1, 0.15) is 10.0 Å². The summed E-state index contributed by atoms with van der Waals surface area (Å²) in [5.74, 6) is 0. The van der Waals surface area contributed by atoms with Crippen LogP contribution in [0.5, 0.6) is 0 Å². The standard InChI is InChI=1S/C9H12Cl2N2O4S/c10-8-5-7(6-12-9(8)11)18(16,17)13(1-3-14)2-4-15/h5-6,14-15H,1-4H2. The highest BCUT2D eigenvalue weighted by Crippen LogP contribution is 2.23. The van der Waals surface area contributed by atoms with Crippen LogP contribution in [0.25, 0.3) is 0 Å². The third-order valence-corrected chi connectivity index (χ3v) is 4.66. The molecule has 0 aromatic carbocycles. The highest BCUT2D eigenvalue weighted by Gasteiger charge is 2.24. The Bertz CT molecular complexity index is 503. The molecule has 0 saturated carbocycles. The van der Waals surface area contributed by atoms with Crippen LogP contribution < -0.4 is 0 Å². The Kier molecular flexibility index (Phi) is 5.77. The summed E-state index contributed by atoms with van der Waals surface area (Å²) in [5.41, 5.74) is 0. The normalized spacial score (nSPS) is 12.1. The Morgan fingerprint density at radius 2 is 1.78 bits per heavy atom. The minimum Gasteiger partial charge on any atom is -0.395 e. The third-order valence-electron chi connectivity index (χ3n) is 2.11. The van der Waals surface area contributed by atoms with E-state index in [-0.39, 0.29) is 41.4 Å². The van der Waals surface area contributed by atoms with Gasteiger partial charge in [0.15, 0.2) is 0 Å². The predicted molar refractivity (Wildman–Crippen MR) is 67.2 cm³/mol. The molecule has 1 aromatic rings. The van der Waals surface area contributed by atoms with E-state index in [4.69, 9.17) is 33.4 Å². The van der Waals surface area contributed by atoms with E-state index in [0.29, 0.717) is 0 Å². The molecule has 0 amide bonds. The van der Waals surface area contributed by atoms with Gasteiger partial charge in [-0.3, -0.25) is 0 Å². The Hall–Kier alpha value is -0.440. The van der Waals surface area contributed by atoms with Crippen LogP contribution in [0.1, 0.15) is 0 Å². The molecule has 0 fully saturated rings. The number of pyridine rings is 1. The van der Waals surface area contributed by atoms with Gasteiger partial charge in [0.05, 0.1) is 18.2 Å². The molecule has 0 bridgehead atoms. The lowest BCUT2D eigenvalue weighted by Gasteiger charge is -2.20. The number of halogens is 2. The Balaban J connectivity index is 3.13. The maximum absolute atomic E-state index is 12.1. The van der Waals surface area contributed by atoms with Crippen LogP contribution in [-0.4, -0.2) is 54.2 Å². The van der Waals surface area contributed by atoms with E-state index in [9.17, 15) is 8.42 Å². The molecule has 0 unspecified atom stereocenters. The van der Waals surface area contributed by atoms with E-state index in [1.165, 1.54) is 6.07 Å². The summed E-state index contributed by atoms with van der Waals surface area (Å²) < 4.78 is 25.2. The van der Waals surface area contributed by atoms with Gasteiger partial charge in [0.2, 0.25) is 10.0 Å². The summed E-state index contributed by atoms with van der Waals surface area (Å²) in [6.45, 7) is -0.950. The van der Waals surface area contributed by atoms with Gasteiger partial charge >= 0.3 is 0 Å². The Labute approximate surface area is 115 Å². The number of aliphatic hydroxyl groups is 2. The minimum atomic E-state index is -3.86. The quantitative estimate of drug-likeness (QED) is 0.740. The maximum Gasteiger partial charge on any atom is 0.244 e. The molecule has 0 atom stereocenters. The Morgan fingerprint density at radius 1 is 1.22 bits per heavy atom. The van der Waals surface area contributed by atoms with Crippen molar-refractivity contribution >= 4 is 33.2 Å². The maximum atomic E-state index is 12.1. The predicted octanol–water partition coefficient (Wildman–Crippen LogP) is 0.364. The first-order chi connectivity index (χ1) is 8.43. The van der Waals surface area contributed by atoms with Gasteiger partial charge in [-0.25, -0.2) is 13.4 Å². The molecular weight excluding hydrogens is 303 g/mol. The number of hydrogen-bond donors (Lipinski definition) is 2. The van der Waals surface area contributed by atoms with Crippen molar-refractivity contribution in [1.29, 1.82) is 0 Å². The molecule has 9 heteroatoms. The number of hydrogen-bond acceptors (Lipinski definition) is 5. The average Bonchev–Trinajstić information content (AvgIpc) is 2.32. The van der Waals surface area contributed by atoms with Gasteiger partial charge in [0, 0.05) is 19.3 Å². The summed E-state index contributed by atoms with van der Waals surface area (Å²) in [6.07, 6.45) is 1.07. The molecule has 1 aromatic heterocycles. The fraction of sp³-hybridized carbons (Fsp3) is 0.444. The number of rotatable bonds is 6. The van der Waals surface area contributed by atoms with Gasteiger partial charge in [-0.15, -0.1) is 0 Å². The van der Waals surface area contributed by atoms with Gasteiger partial charge in [-0.05, 0) is 6.07 Å². The number of sulfonamides is 1. The second-order valence-corrected chi connectivity index (χ2v) is 6.00. The number of aliphatic hydroxyl groups excluding tert-OH is 2.